The van der Waals surface area contributed by atoms with Gasteiger partial charge >= 0.3 is 18.5 Å². The Bertz CT molecular complexity index is 1030. The van der Waals surface area contributed by atoms with E-state index in [-0.39, 0.29) is 48.9 Å². The molecule has 1 amide bonds. The van der Waals surface area contributed by atoms with Crippen LogP contribution in [-0.2, 0) is 34.0 Å². The molecule has 3 N–H and O–H groups in total. The number of carbonyl (C=O) groups excluding carboxylic acids is 1. The van der Waals surface area contributed by atoms with Gasteiger partial charge in [0.25, 0.3) is 0 Å². The largest absolute Gasteiger partial charge is 0.423 e. The van der Waals surface area contributed by atoms with Gasteiger partial charge in [-0.05, 0) is 48.4 Å². The third kappa shape index (κ3) is 7.99. The summed E-state index contributed by atoms with van der Waals surface area (Å²) in [4.78, 5) is 11.8. The number of aliphatic hydroxyl groups is 1. The zero-order chi connectivity index (χ0) is 28.2. The first-order valence-corrected chi connectivity index (χ1v) is 10.6. The number of hydrogen-bond acceptors (Lipinski definition) is 4. The number of alkyl halides is 9. The molecule has 0 heterocycles. The summed E-state index contributed by atoms with van der Waals surface area (Å²) in [6.07, 6.45) is -16.7. The topological polar surface area (TPSA) is 70.6 Å². The number of amides is 1. The van der Waals surface area contributed by atoms with E-state index >= 15 is 0 Å². The van der Waals surface area contributed by atoms with Gasteiger partial charge in [0.05, 0.1) is 30.2 Å². The predicted octanol–water partition coefficient (Wildman–Crippen LogP) is 5.63. The molecule has 0 radical (unpaired) electrons. The van der Waals surface area contributed by atoms with Gasteiger partial charge in [-0.3, -0.25) is 4.79 Å². The molecule has 14 heteroatoms. The van der Waals surface area contributed by atoms with Crippen molar-refractivity contribution in [3.63, 3.8) is 0 Å². The first kappa shape index (κ1) is 30.2. The summed E-state index contributed by atoms with van der Waals surface area (Å²) in [7, 11) is 1.44. The van der Waals surface area contributed by atoms with Crippen LogP contribution in [0.15, 0.2) is 42.5 Å². The molecule has 0 aliphatic rings. The predicted molar refractivity (Wildman–Crippen MR) is 114 cm³/mol. The minimum absolute atomic E-state index is 0.0197. The van der Waals surface area contributed by atoms with Gasteiger partial charge in [-0.15, -0.1) is 0 Å². The lowest BCUT2D eigenvalue weighted by Gasteiger charge is -2.32. The Balaban J connectivity index is 2.27. The smallest absolute Gasteiger partial charge is 0.381 e. The van der Waals surface area contributed by atoms with E-state index in [1.54, 1.807) is 6.92 Å². The molecule has 0 saturated carbocycles. The van der Waals surface area contributed by atoms with Gasteiger partial charge in [-0.1, -0.05) is 12.1 Å². The van der Waals surface area contributed by atoms with Gasteiger partial charge in [0.2, 0.25) is 11.5 Å². The number of anilines is 1. The quantitative estimate of drug-likeness (QED) is 0.357. The van der Waals surface area contributed by atoms with E-state index < -0.39 is 47.4 Å². The van der Waals surface area contributed by atoms with E-state index in [0.29, 0.717) is 5.56 Å². The summed E-state index contributed by atoms with van der Waals surface area (Å²) in [6.45, 7) is 0.276. The van der Waals surface area contributed by atoms with Crippen molar-refractivity contribution in [2.24, 2.45) is 0 Å². The van der Waals surface area contributed by atoms with Crippen LogP contribution in [0.2, 0.25) is 0 Å². The second-order valence-electron chi connectivity index (χ2n) is 8.23. The molecule has 2 atom stereocenters. The molecular formula is C23H23F9N2O3. The molecule has 0 saturated heterocycles. The van der Waals surface area contributed by atoms with Crippen LogP contribution in [-0.4, -0.2) is 36.9 Å². The molecule has 0 unspecified atom stereocenters. The number of benzene rings is 2. The summed E-state index contributed by atoms with van der Waals surface area (Å²) in [5.74, 6) is -0.314. The first-order chi connectivity index (χ1) is 16.9. The Morgan fingerprint density at radius 1 is 0.892 bits per heavy atom. The summed E-state index contributed by atoms with van der Waals surface area (Å²) < 4.78 is 125. The zero-order valence-electron chi connectivity index (χ0n) is 19.4. The number of ether oxygens (including phenoxy) is 1. The van der Waals surface area contributed by atoms with Crippen molar-refractivity contribution in [2.75, 3.05) is 19.0 Å². The Labute approximate surface area is 205 Å². The fourth-order valence-corrected chi connectivity index (χ4v) is 3.15. The van der Waals surface area contributed by atoms with E-state index in [9.17, 15) is 49.4 Å². The SMILES string of the molecule is CO[C@@H](C)CC(=O)NCc1ccc(NC[C@@](O)(c2cc(C(F)(F)F)cc(C(F)(F)F)c2)C(F)(F)F)cc1. The normalized spacial score (nSPS) is 15.1. The van der Waals surface area contributed by atoms with E-state index in [1.807, 2.05) is 0 Å². The molecule has 0 spiro atoms. The molecule has 0 aliphatic carbocycles. The highest BCUT2D eigenvalue weighted by Gasteiger charge is 2.56. The lowest BCUT2D eigenvalue weighted by atomic mass is 9.89. The van der Waals surface area contributed by atoms with Gasteiger partial charge < -0.3 is 20.5 Å². The number of carbonyl (C=O) groups is 1. The lowest BCUT2D eigenvalue weighted by Crippen LogP contribution is -2.48. The summed E-state index contributed by atoms with van der Waals surface area (Å²) >= 11 is 0. The van der Waals surface area contributed by atoms with Crippen molar-refractivity contribution < 1.29 is 54.2 Å². The van der Waals surface area contributed by atoms with Gasteiger partial charge in [0.15, 0.2) is 0 Å². The fourth-order valence-electron chi connectivity index (χ4n) is 3.15. The maximum atomic E-state index is 13.8. The highest BCUT2D eigenvalue weighted by molar-refractivity contribution is 5.76. The van der Waals surface area contributed by atoms with Crippen LogP contribution in [0.25, 0.3) is 0 Å². The van der Waals surface area contributed by atoms with Crippen LogP contribution < -0.4 is 10.6 Å². The van der Waals surface area contributed by atoms with Crippen LogP contribution in [0.4, 0.5) is 45.2 Å². The van der Waals surface area contributed by atoms with E-state index in [4.69, 9.17) is 4.74 Å². The van der Waals surface area contributed by atoms with Gasteiger partial charge in [0.1, 0.15) is 0 Å². The number of nitrogens with one attached hydrogen (secondary N) is 2. The molecule has 206 valence electrons. The fraction of sp³-hybridized carbons (Fsp3) is 0.435. The van der Waals surface area contributed by atoms with Crippen LogP contribution in [0.5, 0.6) is 0 Å². The number of halogens is 9. The number of hydrogen-bond donors (Lipinski definition) is 3. The van der Waals surface area contributed by atoms with Crippen molar-refractivity contribution in [1.82, 2.24) is 5.32 Å². The van der Waals surface area contributed by atoms with Crippen molar-refractivity contribution in [2.45, 2.75) is 50.1 Å². The second-order valence-corrected chi connectivity index (χ2v) is 8.23. The average Bonchev–Trinajstić information content (AvgIpc) is 2.79. The Morgan fingerprint density at radius 3 is 1.81 bits per heavy atom. The molecule has 5 nitrogen and oxygen atoms in total. The summed E-state index contributed by atoms with van der Waals surface area (Å²) in [5.41, 5.74) is -9.19. The molecule has 2 aromatic carbocycles. The summed E-state index contributed by atoms with van der Waals surface area (Å²) in [6, 6.07) is 4.71. The number of rotatable bonds is 9. The van der Waals surface area contributed by atoms with E-state index in [0.717, 1.165) is 0 Å². The highest BCUT2D eigenvalue weighted by atomic mass is 19.4. The van der Waals surface area contributed by atoms with Crippen LogP contribution >= 0.6 is 0 Å². The average molecular weight is 546 g/mol. The van der Waals surface area contributed by atoms with Crippen molar-refractivity contribution >= 4 is 11.6 Å². The molecule has 2 aromatic rings. The first-order valence-electron chi connectivity index (χ1n) is 10.6. The molecular weight excluding hydrogens is 523 g/mol. The minimum Gasteiger partial charge on any atom is -0.381 e. The number of methoxy groups -OCH3 is 1. The molecule has 0 aliphatic heterocycles. The third-order valence-electron chi connectivity index (χ3n) is 5.40. The van der Waals surface area contributed by atoms with E-state index in [2.05, 4.69) is 10.6 Å². The maximum Gasteiger partial charge on any atom is 0.423 e. The van der Waals surface area contributed by atoms with Gasteiger partial charge in [0, 0.05) is 19.3 Å². The van der Waals surface area contributed by atoms with Crippen molar-refractivity contribution in [3.05, 3.63) is 64.7 Å². The summed E-state index contributed by atoms with van der Waals surface area (Å²) in [5, 5.41) is 15.2. The van der Waals surface area contributed by atoms with E-state index in [1.165, 1.54) is 31.4 Å². The molecule has 0 bridgehead atoms. The van der Waals surface area contributed by atoms with Crippen molar-refractivity contribution in [1.29, 1.82) is 0 Å². The zero-order valence-corrected chi connectivity index (χ0v) is 19.4. The third-order valence-corrected chi connectivity index (χ3v) is 5.40. The Morgan fingerprint density at radius 2 is 1.38 bits per heavy atom. The Hall–Kier alpha value is -3.00. The molecule has 0 fully saturated rings. The van der Waals surface area contributed by atoms with Crippen LogP contribution in [0, 0.1) is 0 Å². The van der Waals surface area contributed by atoms with Crippen LogP contribution in [0.1, 0.15) is 35.6 Å². The Kier molecular flexibility index (Phi) is 9.13. The molecule has 37 heavy (non-hydrogen) atoms. The monoisotopic (exact) mass is 546 g/mol. The second kappa shape index (κ2) is 11.2. The van der Waals surface area contributed by atoms with Crippen LogP contribution in [0.3, 0.4) is 0 Å². The van der Waals surface area contributed by atoms with Gasteiger partial charge in [-0.25, -0.2) is 0 Å². The highest BCUT2D eigenvalue weighted by Crippen LogP contribution is 2.44. The molecule has 0 aromatic heterocycles. The molecule has 2 rings (SSSR count). The van der Waals surface area contributed by atoms with Crippen molar-refractivity contribution in [3.8, 4) is 0 Å². The lowest BCUT2D eigenvalue weighted by molar-refractivity contribution is -0.261. The van der Waals surface area contributed by atoms with Gasteiger partial charge in [-0.2, -0.15) is 39.5 Å². The maximum absolute atomic E-state index is 13.8. The minimum atomic E-state index is -5.64. The standard InChI is InChI=1S/C23H23F9N2O3/c1-13(37-2)7-19(35)33-11-14-3-5-18(6-4-14)34-12-20(36,23(30,31)32)15-8-16(21(24,25)26)10-17(9-15)22(27,28)29/h3-6,8-10,13,34,36H,7,11-12H2,1-2H3,(H,33,35)/t13-,20+/m0/s1.